The molecule has 0 nitrogen and oxygen atoms in total. The van der Waals surface area contributed by atoms with E-state index < -0.39 is 0 Å². The summed E-state index contributed by atoms with van der Waals surface area (Å²) in [6.45, 7) is 7.58. The standard InChI is InChI=1S/C14H25I/c1-10-5-4-8-14(3)12(10)6-7-13(14)11(2)9-15/h10-13H,4-9H2,1-3H3/t10?,11-,12+,13?,14+/m1/s1. The fourth-order valence-electron chi connectivity index (χ4n) is 4.65. The quantitative estimate of drug-likeness (QED) is 0.501. The molecule has 0 N–H and O–H groups in total. The highest BCUT2D eigenvalue weighted by molar-refractivity contribution is 14.1. The summed E-state index contributed by atoms with van der Waals surface area (Å²) in [5.41, 5.74) is 0.697. The van der Waals surface area contributed by atoms with Crippen LogP contribution in [0.2, 0.25) is 0 Å². The molecule has 88 valence electrons. The van der Waals surface area contributed by atoms with E-state index in [1.54, 1.807) is 0 Å². The molecule has 2 aliphatic rings. The largest absolute Gasteiger partial charge is 0.0861 e. The van der Waals surface area contributed by atoms with Crippen molar-refractivity contribution in [1.82, 2.24) is 0 Å². The predicted molar refractivity (Wildman–Crippen MR) is 75.4 cm³/mol. The Labute approximate surface area is 109 Å². The van der Waals surface area contributed by atoms with Gasteiger partial charge in [-0.3, -0.25) is 0 Å². The van der Waals surface area contributed by atoms with E-state index in [9.17, 15) is 0 Å². The van der Waals surface area contributed by atoms with Crippen molar-refractivity contribution in [3.8, 4) is 0 Å². The first-order valence-corrected chi connectivity index (χ1v) is 8.18. The SMILES string of the molecule is CC1CCC[C@]2(C)C([C@H](C)CI)CC[C@@H]12. The predicted octanol–water partition coefficient (Wildman–Crippen LogP) is 4.91. The lowest BCUT2D eigenvalue weighted by atomic mass is 9.60. The molecule has 0 amide bonds. The summed E-state index contributed by atoms with van der Waals surface area (Å²) >= 11 is 2.58. The van der Waals surface area contributed by atoms with Gasteiger partial charge >= 0.3 is 0 Å². The maximum atomic E-state index is 2.60. The van der Waals surface area contributed by atoms with E-state index in [1.165, 1.54) is 36.5 Å². The average Bonchev–Trinajstić information content (AvgIpc) is 2.56. The zero-order valence-electron chi connectivity index (χ0n) is 10.4. The van der Waals surface area contributed by atoms with Gasteiger partial charge in [0.15, 0.2) is 0 Å². The molecule has 15 heavy (non-hydrogen) atoms. The third-order valence-electron chi connectivity index (χ3n) is 5.47. The van der Waals surface area contributed by atoms with Crippen LogP contribution in [0.3, 0.4) is 0 Å². The molecular weight excluding hydrogens is 295 g/mol. The highest BCUT2D eigenvalue weighted by atomic mass is 127. The molecule has 2 saturated carbocycles. The molecule has 5 atom stereocenters. The topological polar surface area (TPSA) is 0 Å². The summed E-state index contributed by atoms with van der Waals surface area (Å²) in [5.74, 6) is 3.99. The van der Waals surface area contributed by atoms with E-state index in [-0.39, 0.29) is 0 Å². The molecule has 2 fully saturated rings. The minimum atomic E-state index is 0.697. The van der Waals surface area contributed by atoms with Gasteiger partial charge in [-0.15, -0.1) is 0 Å². The van der Waals surface area contributed by atoms with E-state index in [1.807, 2.05) is 0 Å². The lowest BCUT2D eigenvalue weighted by Gasteiger charge is -2.45. The molecule has 1 heteroatoms. The van der Waals surface area contributed by atoms with Crippen LogP contribution in [0.4, 0.5) is 0 Å². The summed E-state index contributed by atoms with van der Waals surface area (Å²) in [5, 5.41) is 0. The number of rotatable bonds is 2. The van der Waals surface area contributed by atoms with Crippen molar-refractivity contribution in [2.45, 2.75) is 52.9 Å². The van der Waals surface area contributed by atoms with Gasteiger partial charge < -0.3 is 0 Å². The van der Waals surface area contributed by atoms with Gasteiger partial charge in [0.2, 0.25) is 0 Å². The molecule has 0 bridgehead atoms. The van der Waals surface area contributed by atoms with Crippen LogP contribution in [0.15, 0.2) is 0 Å². The molecule has 0 aromatic carbocycles. The van der Waals surface area contributed by atoms with Crippen LogP contribution in [0.5, 0.6) is 0 Å². The third kappa shape index (κ3) is 1.98. The Morgan fingerprint density at radius 3 is 2.73 bits per heavy atom. The van der Waals surface area contributed by atoms with E-state index in [2.05, 4.69) is 43.4 Å². The first-order chi connectivity index (χ1) is 7.09. The second kappa shape index (κ2) is 4.54. The molecule has 0 spiro atoms. The highest BCUT2D eigenvalue weighted by Crippen LogP contribution is 2.59. The molecule has 0 aromatic heterocycles. The van der Waals surface area contributed by atoms with Crippen molar-refractivity contribution < 1.29 is 0 Å². The maximum absolute atomic E-state index is 2.60. The van der Waals surface area contributed by atoms with Gasteiger partial charge in [-0.25, -0.2) is 0 Å². The lowest BCUT2D eigenvalue weighted by Crippen LogP contribution is -2.38. The van der Waals surface area contributed by atoms with Crippen LogP contribution in [-0.2, 0) is 0 Å². The van der Waals surface area contributed by atoms with Crippen LogP contribution in [0, 0.1) is 29.1 Å². The van der Waals surface area contributed by atoms with Gasteiger partial charge in [-0.05, 0) is 48.3 Å². The molecule has 0 aromatic rings. The van der Waals surface area contributed by atoms with E-state index in [0.717, 1.165) is 23.7 Å². The number of alkyl halides is 1. The Balaban J connectivity index is 2.17. The van der Waals surface area contributed by atoms with Gasteiger partial charge in [0, 0.05) is 4.43 Å². The molecule has 0 radical (unpaired) electrons. The minimum Gasteiger partial charge on any atom is -0.0861 e. The van der Waals surface area contributed by atoms with Gasteiger partial charge in [0.1, 0.15) is 0 Å². The van der Waals surface area contributed by atoms with Crippen LogP contribution in [0.1, 0.15) is 52.9 Å². The van der Waals surface area contributed by atoms with Crippen molar-refractivity contribution in [1.29, 1.82) is 0 Å². The Hall–Kier alpha value is 0.730. The van der Waals surface area contributed by atoms with Gasteiger partial charge in [-0.2, -0.15) is 0 Å². The van der Waals surface area contributed by atoms with Crippen molar-refractivity contribution in [2.75, 3.05) is 4.43 Å². The molecule has 2 rings (SSSR count). The summed E-state index contributed by atoms with van der Waals surface area (Å²) in [6, 6.07) is 0. The number of hydrogen-bond donors (Lipinski definition) is 0. The summed E-state index contributed by atoms with van der Waals surface area (Å²) < 4.78 is 1.35. The Bertz CT molecular complexity index is 225. The van der Waals surface area contributed by atoms with E-state index in [0.29, 0.717) is 5.41 Å². The molecule has 2 unspecified atom stereocenters. The number of fused-ring (bicyclic) bond motifs is 1. The highest BCUT2D eigenvalue weighted by Gasteiger charge is 2.50. The second-order valence-corrected chi connectivity index (χ2v) is 7.18. The van der Waals surface area contributed by atoms with Crippen LogP contribution in [0.25, 0.3) is 0 Å². The number of hydrogen-bond acceptors (Lipinski definition) is 0. The first kappa shape index (κ1) is 12.2. The van der Waals surface area contributed by atoms with Crippen molar-refractivity contribution >= 4 is 22.6 Å². The second-order valence-electron chi connectivity index (χ2n) is 6.30. The smallest absolute Gasteiger partial charge is 0.00239 e. The Morgan fingerprint density at radius 2 is 2.07 bits per heavy atom. The van der Waals surface area contributed by atoms with Crippen LogP contribution < -0.4 is 0 Å². The summed E-state index contributed by atoms with van der Waals surface area (Å²) in [6.07, 6.45) is 7.51. The van der Waals surface area contributed by atoms with E-state index in [4.69, 9.17) is 0 Å². The maximum Gasteiger partial charge on any atom is 0.00239 e. The van der Waals surface area contributed by atoms with Crippen LogP contribution in [-0.4, -0.2) is 4.43 Å². The van der Waals surface area contributed by atoms with Gasteiger partial charge in [0.05, 0.1) is 0 Å². The Morgan fingerprint density at radius 1 is 1.33 bits per heavy atom. The first-order valence-electron chi connectivity index (χ1n) is 6.65. The fourth-order valence-corrected chi connectivity index (χ4v) is 5.26. The van der Waals surface area contributed by atoms with E-state index >= 15 is 0 Å². The summed E-state index contributed by atoms with van der Waals surface area (Å²) in [4.78, 5) is 0. The van der Waals surface area contributed by atoms with Crippen molar-refractivity contribution in [2.24, 2.45) is 29.1 Å². The lowest BCUT2D eigenvalue weighted by molar-refractivity contribution is 0.0418. The average molecular weight is 320 g/mol. The Kier molecular flexibility index (Phi) is 3.69. The fraction of sp³-hybridized carbons (Fsp3) is 1.00. The van der Waals surface area contributed by atoms with Gasteiger partial charge in [-0.1, -0.05) is 56.2 Å². The molecule has 0 heterocycles. The van der Waals surface area contributed by atoms with Crippen LogP contribution >= 0.6 is 22.6 Å². The number of halogens is 1. The summed E-state index contributed by atoms with van der Waals surface area (Å²) in [7, 11) is 0. The van der Waals surface area contributed by atoms with Crippen molar-refractivity contribution in [3.63, 3.8) is 0 Å². The normalized spacial score (nSPS) is 47.6. The van der Waals surface area contributed by atoms with Gasteiger partial charge in [0.25, 0.3) is 0 Å². The molecular formula is C14H25I. The van der Waals surface area contributed by atoms with Crippen molar-refractivity contribution in [3.05, 3.63) is 0 Å². The molecule has 0 saturated heterocycles. The molecule has 0 aliphatic heterocycles. The monoisotopic (exact) mass is 320 g/mol. The molecule has 2 aliphatic carbocycles. The zero-order valence-corrected chi connectivity index (χ0v) is 12.6. The third-order valence-corrected chi connectivity index (χ3v) is 6.86. The zero-order chi connectivity index (χ0) is 11.1. The minimum absolute atomic E-state index is 0.697.